The summed E-state index contributed by atoms with van der Waals surface area (Å²) in [4.78, 5) is 57.6. The summed E-state index contributed by atoms with van der Waals surface area (Å²) < 4.78 is 1.45. The van der Waals surface area contributed by atoms with Crippen LogP contribution in [0.4, 0.5) is 0 Å². The molecule has 0 bridgehead atoms. The van der Waals surface area contributed by atoms with Gasteiger partial charge in [-0.25, -0.2) is 9.67 Å². The van der Waals surface area contributed by atoms with Crippen molar-refractivity contribution >= 4 is 34.8 Å². The van der Waals surface area contributed by atoms with Crippen LogP contribution in [0, 0.1) is 0 Å². The fourth-order valence-electron chi connectivity index (χ4n) is 4.49. The van der Waals surface area contributed by atoms with Crippen LogP contribution in [0.3, 0.4) is 0 Å². The van der Waals surface area contributed by atoms with E-state index in [-0.39, 0.29) is 23.9 Å². The normalized spacial score (nSPS) is 17.2. The molecule has 3 aromatic rings. The third kappa shape index (κ3) is 7.11. The van der Waals surface area contributed by atoms with Crippen LogP contribution in [0.5, 0.6) is 0 Å². The van der Waals surface area contributed by atoms with Gasteiger partial charge >= 0.3 is 0 Å². The smallest absolute Gasteiger partial charge is 0.271 e. The second-order valence-electron chi connectivity index (χ2n) is 9.45. The van der Waals surface area contributed by atoms with E-state index >= 15 is 0 Å². The Hall–Kier alpha value is -4.00. The van der Waals surface area contributed by atoms with Gasteiger partial charge in [0, 0.05) is 18.3 Å². The number of ketones is 1. The molecule has 3 heterocycles. The molecular formula is C26H32N8O4S. The summed E-state index contributed by atoms with van der Waals surface area (Å²) in [7, 11) is 0. The highest BCUT2D eigenvalue weighted by Gasteiger charge is 2.35. The number of tetrazole rings is 1. The molecule has 12 nitrogen and oxygen atoms in total. The fraction of sp³-hybridized carbons (Fsp3) is 0.462. The Kier molecular flexibility index (Phi) is 9.47. The first kappa shape index (κ1) is 28.0. The Morgan fingerprint density at radius 1 is 1.18 bits per heavy atom. The zero-order valence-corrected chi connectivity index (χ0v) is 22.8. The molecule has 1 saturated heterocycles. The van der Waals surface area contributed by atoms with Gasteiger partial charge in [0.05, 0.1) is 11.6 Å². The molecule has 0 saturated carbocycles. The molecule has 0 radical (unpaired) electrons. The van der Waals surface area contributed by atoms with E-state index < -0.39 is 29.9 Å². The summed E-state index contributed by atoms with van der Waals surface area (Å²) >= 11 is 1.30. The van der Waals surface area contributed by atoms with Crippen LogP contribution in [-0.4, -0.2) is 78.3 Å². The topological polar surface area (TPSA) is 152 Å². The van der Waals surface area contributed by atoms with Gasteiger partial charge in [-0.1, -0.05) is 37.3 Å². The molecule has 206 valence electrons. The third-order valence-electron chi connectivity index (χ3n) is 6.77. The van der Waals surface area contributed by atoms with Gasteiger partial charge in [0.15, 0.2) is 11.6 Å². The molecule has 1 aromatic carbocycles. The largest absolute Gasteiger partial charge is 0.344 e. The van der Waals surface area contributed by atoms with Crippen molar-refractivity contribution in [3.05, 3.63) is 58.3 Å². The number of carbonyl (C=O) groups excluding carboxylic acids is 4. The summed E-state index contributed by atoms with van der Waals surface area (Å²) in [5.41, 5.74) is 2.82. The lowest BCUT2D eigenvalue weighted by Gasteiger charge is -2.30. The standard InChI is InChI=1S/C26H32N8O4S/c1-3-19(22(35)14-34-23(30-31-32-34)13-18-9-5-4-6-10-18)28-24(36)17(2)33-12-8-7-11-20(26(33)38)29-25(37)21-15-39-16-27-21/h4-6,9-10,15-17,19-20H,3,7-8,11-14H2,1-2H3,(H,28,36)(H,29,37)/t17?,19?,20-/m0/s1. The number of benzene rings is 1. The lowest BCUT2D eigenvalue weighted by molar-refractivity contribution is -0.141. The van der Waals surface area contributed by atoms with Gasteiger partial charge in [0.25, 0.3) is 5.91 Å². The Bertz CT molecular complexity index is 1280. The summed E-state index contributed by atoms with van der Waals surface area (Å²) in [6, 6.07) is 7.34. The molecule has 2 aromatic heterocycles. The second-order valence-corrected chi connectivity index (χ2v) is 10.2. The first-order valence-electron chi connectivity index (χ1n) is 13.0. The first-order chi connectivity index (χ1) is 18.9. The predicted molar refractivity (Wildman–Crippen MR) is 143 cm³/mol. The molecule has 3 amide bonds. The van der Waals surface area contributed by atoms with Crippen molar-refractivity contribution in [2.75, 3.05) is 6.54 Å². The van der Waals surface area contributed by atoms with Gasteiger partial charge in [-0.15, -0.1) is 16.4 Å². The van der Waals surface area contributed by atoms with Crippen LogP contribution < -0.4 is 10.6 Å². The Morgan fingerprint density at radius 3 is 2.69 bits per heavy atom. The van der Waals surface area contributed by atoms with Crippen LogP contribution >= 0.6 is 11.3 Å². The zero-order chi connectivity index (χ0) is 27.8. The van der Waals surface area contributed by atoms with Gasteiger partial charge in [-0.2, -0.15) is 0 Å². The minimum absolute atomic E-state index is 0.0876. The van der Waals surface area contributed by atoms with Crippen LogP contribution in [0.1, 0.15) is 61.4 Å². The number of rotatable bonds is 11. The lowest BCUT2D eigenvalue weighted by atomic mass is 10.1. The first-order valence-corrected chi connectivity index (χ1v) is 13.9. The molecule has 3 atom stereocenters. The number of thiazole rings is 1. The van der Waals surface area contributed by atoms with Gasteiger partial charge in [0.1, 0.15) is 24.3 Å². The number of nitrogens with one attached hydrogen (secondary N) is 2. The van der Waals surface area contributed by atoms with Crippen LogP contribution in [0.2, 0.25) is 0 Å². The highest BCUT2D eigenvalue weighted by Crippen LogP contribution is 2.16. The highest BCUT2D eigenvalue weighted by molar-refractivity contribution is 7.07. The van der Waals surface area contributed by atoms with Crippen molar-refractivity contribution < 1.29 is 19.2 Å². The molecule has 4 rings (SSSR count). The van der Waals surface area contributed by atoms with E-state index in [1.54, 1.807) is 24.7 Å². The summed E-state index contributed by atoms with van der Waals surface area (Å²) in [6.45, 7) is 3.73. The molecule has 1 aliphatic heterocycles. The molecule has 1 fully saturated rings. The molecule has 2 N–H and O–H groups in total. The third-order valence-corrected chi connectivity index (χ3v) is 7.36. The number of carbonyl (C=O) groups is 4. The van der Waals surface area contributed by atoms with E-state index in [1.807, 2.05) is 30.3 Å². The molecular weight excluding hydrogens is 520 g/mol. The van der Waals surface area contributed by atoms with E-state index in [0.29, 0.717) is 38.1 Å². The number of nitrogens with zero attached hydrogens (tertiary/aromatic N) is 6. The van der Waals surface area contributed by atoms with Crippen molar-refractivity contribution in [3.63, 3.8) is 0 Å². The minimum Gasteiger partial charge on any atom is -0.344 e. The molecule has 0 aliphatic carbocycles. The molecule has 1 aliphatic rings. The van der Waals surface area contributed by atoms with Crippen molar-refractivity contribution in [2.45, 2.75) is 70.6 Å². The highest BCUT2D eigenvalue weighted by atomic mass is 32.1. The quantitative estimate of drug-likeness (QED) is 0.362. The van der Waals surface area contributed by atoms with Crippen molar-refractivity contribution in [1.82, 2.24) is 40.7 Å². The summed E-state index contributed by atoms with van der Waals surface area (Å²) in [5.74, 6) is -0.867. The maximum Gasteiger partial charge on any atom is 0.271 e. The molecule has 0 spiro atoms. The van der Waals surface area contributed by atoms with Crippen molar-refractivity contribution in [2.24, 2.45) is 0 Å². The average molecular weight is 553 g/mol. The maximum atomic E-state index is 13.3. The van der Waals surface area contributed by atoms with E-state index in [1.165, 1.54) is 20.9 Å². The Labute approximate surface area is 230 Å². The maximum absolute atomic E-state index is 13.3. The number of amides is 3. The van der Waals surface area contributed by atoms with Crippen LogP contribution in [0.25, 0.3) is 0 Å². The Morgan fingerprint density at radius 2 is 1.97 bits per heavy atom. The van der Waals surface area contributed by atoms with Crippen molar-refractivity contribution in [1.29, 1.82) is 0 Å². The monoisotopic (exact) mass is 552 g/mol. The zero-order valence-electron chi connectivity index (χ0n) is 21.9. The number of hydrogen-bond donors (Lipinski definition) is 2. The van der Waals surface area contributed by atoms with Gasteiger partial charge in [-0.05, 0) is 48.6 Å². The average Bonchev–Trinajstić information content (AvgIpc) is 3.60. The summed E-state index contributed by atoms with van der Waals surface area (Å²) in [6.07, 6.45) is 2.75. The molecule has 2 unspecified atom stereocenters. The molecule has 13 heteroatoms. The number of aromatic nitrogens is 5. The van der Waals surface area contributed by atoms with Crippen LogP contribution in [0.15, 0.2) is 41.2 Å². The van der Waals surface area contributed by atoms with E-state index in [4.69, 9.17) is 0 Å². The fourth-order valence-corrected chi connectivity index (χ4v) is 5.02. The van der Waals surface area contributed by atoms with E-state index in [2.05, 4.69) is 31.1 Å². The lowest BCUT2D eigenvalue weighted by Crippen LogP contribution is -2.56. The number of hydrogen-bond acceptors (Lipinski definition) is 9. The predicted octanol–water partition coefficient (Wildman–Crippen LogP) is 1.38. The van der Waals surface area contributed by atoms with Gasteiger partial charge in [0.2, 0.25) is 11.8 Å². The number of Topliss-reactive ketones (excluding diaryl/α,β-unsaturated/α-hetero) is 1. The van der Waals surface area contributed by atoms with Gasteiger partial charge < -0.3 is 15.5 Å². The van der Waals surface area contributed by atoms with E-state index in [9.17, 15) is 19.2 Å². The second kappa shape index (κ2) is 13.2. The minimum atomic E-state index is -0.821. The van der Waals surface area contributed by atoms with Crippen LogP contribution in [-0.2, 0) is 27.3 Å². The molecule has 39 heavy (non-hydrogen) atoms. The van der Waals surface area contributed by atoms with E-state index in [0.717, 1.165) is 12.0 Å². The SMILES string of the molecule is CCC(NC(=O)C(C)N1CCCC[C@H](NC(=O)c2cscn2)C1=O)C(=O)Cn1nnnc1Cc1ccccc1. The summed E-state index contributed by atoms with van der Waals surface area (Å²) in [5, 5.41) is 18.9. The van der Waals surface area contributed by atoms with Gasteiger partial charge in [-0.3, -0.25) is 19.2 Å². The number of likely N-dealkylation sites (tertiary alicyclic amines) is 1. The Balaban J connectivity index is 1.37. The van der Waals surface area contributed by atoms with Crippen molar-refractivity contribution in [3.8, 4) is 0 Å².